The van der Waals surface area contributed by atoms with E-state index < -0.39 is 0 Å². The maximum absolute atomic E-state index is 5.31. The average molecular weight is 163 g/mol. The van der Waals surface area contributed by atoms with Crippen LogP contribution < -0.4 is 5.32 Å². The summed E-state index contributed by atoms with van der Waals surface area (Å²) in [6.45, 7) is 3.32. The van der Waals surface area contributed by atoms with Gasteiger partial charge in [-0.2, -0.15) is 0 Å². The van der Waals surface area contributed by atoms with Crippen molar-refractivity contribution >= 4 is 0 Å². The van der Waals surface area contributed by atoms with Crippen molar-refractivity contribution in [1.82, 2.24) is 5.32 Å². The summed E-state index contributed by atoms with van der Waals surface area (Å²) in [6, 6.07) is 0.669. The SMILES string of the molecule is C#CC1=CCC(NCCC)CC1. The summed E-state index contributed by atoms with van der Waals surface area (Å²) >= 11 is 0. The fraction of sp³-hybridized carbons (Fsp3) is 0.636. The largest absolute Gasteiger partial charge is 0.314 e. The van der Waals surface area contributed by atoms with Crippen molar-refractivity contribution < 1.29 is 0 Å². The normalized spacial score (nSPS) is 23.0. The van der Waals surface area contributed by atoms with E-state index in [1.807, 2.05) is 0 Å². The van der Waals surface area contributed by atoms with Crippen LogP contribution in [0.3, 0.4) is 0 Å². The molecule has 1 heteroatoms. The maximum Gasteiger partial charge on any atom is 0.0105 e. The predicted molar refractivity (Wildman–Crippen MR) is 52.8 cm³/mol. The Balaban J connectivity index is 2.27. The van der Waals surface area contributed by atoms with Crippen LogP contribution in [0.4, 0.5) is 0 Å². The summed E-state index contributed by atoms with van der Waals surface area (Å²) in [5.41, 5.74) is 1.18. The van der Waals surface area contributed by atoms with Crippen LogP contribution in [0.25, 0.3) is 0 Å². The third-order valence-corrected chi connectivity index (χ3v) is 2.28. The summed E-state index contributed by atoms with van der Waals surface area (Å²) in [6.07, 6.45) is 12.1. The summed E-state index contributed by atoms with van der Waals surface area (Å²) in [4.78, 5) is 0. The van der Waals surface area contributed by atoms with E-state index in [1.54, 1.807) is 0 Å². The van der Waals surface area contributed by atoms with E-state index in [1.165, 1.54) is 18.4 Å². The fourth-order valence-electron chi connectivity index (χ4n) is 1.50. The van der Waals surface area contributed by atoms with Crippen molar-refractivity contribution in [2.24, 2.45) is 0 Å². The van der Waals surface area contributed by atoms with E-state index in [9.17, 15) is 0 Å². The Kier molecular flexibility index (Phi) is 3.90. The number of allylic oxidation sites excluding steroid dienone is 1. The summed E-state index contributed by atoms with van der Waals surface area (Å²) in [7, 11) is 0. The number of hydrogen-bond acceptors (Lipinski definition) is 1. The predicted octanol–water partition coefficient (Wildman–Crippen LogP) is 2.10. The van der Waals surface area contributed by atoms with Crippen molar-refractivity contribution in [3.05, 3.63) is 11.6 Å². The van der Waals surface area contributed by atoms with Gasteiger partial charge in [-0.05, 0) is 37.8 Å². The minimum atomic E-state index is 0.669. The fourth-order valence-corrected chi connectivity index (χ4v) is 1.50. The number of hydrogen-bond donors (Lipinski definition) is 1. The van der Waals surface area contributed by atoms with Crippen LogP contribution in [0.15, 0.2) is 11.6 Å². The van der Waals surface area contributed by atoms with E-state index in [2.05, 4.69) is 24.2 Å². The Morgan fingerprint density at radius 3 is 3.08 bits per heavy atom. The number of rotatable bonds is 3. The van der Waals surface area contributed by atoms with Crippen LogP contribution in [0.5, 0.6) is 0 Å². The van der Waals surface area contributed by atoms with Gasteiger partial charge in [0, 0.05) is 6.04 Å². The number of nitrogens with one attached hydrogen (secondary N) is 1. The molecule has 1 aliphatic carbocycles. The van der Waals surface area contributed by atoms with E-state index in [0.29, 0.717) is 6.04 Å². The zero-order chi connectivity index (χ0) is 8.81. The van der Waals surface area contributed by atoms with Crippen LogP contribution in [0.1, 0.15) is 32.6 Å². The second-order valence-electron chi connectivity index (χ2n) is 3.30. The van der Waals surface area contributed by atoms with Gasteiger partial charge in [0.25, 0.3) is 0 Å². The second kappa shape index (κ2) is 5.00. The number of terminal acetylenes is 1. The topological polar surface area (TPSA) is 12.0 Å². The lowest BCUT2D eigenvalue weighted by Gasteiger charge is -2.20. The van der Waals surface area contributed by atoms with Gasteiger partial charge in [0.2, 0.25) is 0 Å². The molecule has 0 spiro atoms. The monoisotopic (exact) mass is 163 g/mol. The Bertz CT molecular complexity index is 198. The van der Waals surface area contributed by atoms with Crippen LogP contribution in [0, 0.1) is 12.3 Å². The van der Waals surface area contributed by atoms with E-state index in [0.717, 1.165) is 19.4 Å². The van der Waals surface area contributed by atoms with E-state index in [-0.39, 0.29) is 0 Å². The third-order valence-electron chi connectivity index (χ3n) is 2.28. The van der Waals surface area contributed by atoms with Gasteiger partial charge < -0.3 is 5.32 Å². The average Bonchev–Trinajstić information content (AvgIpc) is 2.15. The molecule has 0 aliphatic heterocycles. The van der Waals surface area contributed by atoms with Gasteiger partial charge in [0.15, 0.2) is 0 Å². The molecule has 66 valence electrons. The van der Waals surface area contributed by atoms with Crippen molar-refractivity contribution in [3.63, 3.8) is 0 Å². The summed E-state index contributed by atoms with van der Waals surface area (Å²) in [5.74, 6) is 2.71. The van der Waals surface area contributed by atoms with Crippen LogP contribution in [0.2, 0.25) is 0 Å². The first-order valence-corrected chi connectivity index (χ1v) is 4.75. The molecule has 1 unspecified atom stereocenters. The Morgan fingerprint density at radius 2 is 2.58 bits per heavy atom. The van der Waals surface area contributed by atoms with Crippen LogP contribution in [-0.4, -0.2) is 12.6 Å². The third kappa shape index (κ3) is 2.71. The first-order chi connectivity index (χ1) is 5.86. The van der Waals surface area contributed by atoms with Gasteiger partial charge in [-0.25, -0.2) is 0 Å². The molecule has 0 amide bonds. The maximum atomic E-state index is 5.31. The van der Waals surface area contributed by atoms with Gasteiger partial charge in [-0.3, -0.25) is 0 Å². The smallest absolute Gasteiger partial charge is 0.0105 e. The molecule has 0 saturated carbocycles. The molecular formula is C11H17N. The molecule has 0 saturated heterocycles. The Morgan fingerprint density at radius 1 is 1.75 bits per heavy atom. The highest BCUT2D eigenvalue weighted by Crippen LogP contribution is 2.16. The lowest BCUT2D eigenvalue weighted by atomic mass is 9.96. The molecule has 0 heterocycles. The molecule has 1 rings (SSSR count). The molecule has 1 aliphatic rings. The highest BCUT2D eigenvalue weighted by molar-refractivity contribution is 5.27. The zero-order valence-electron chi connectivity index (χ0n) is 7.77. The second-order valence-corrected chi connectivity index (χ2v) is 3.30. The standard InChI is InChI=1S/C11H17N/c1-3-9-12-11-7-5-10(4-2)6-8-11/h2,5,11-12H,3,6-9H2,1H3. The lowest BCUT2D eigenvalue weighted by Crippen LogP contribution is -2.30. The van der Waals surface area contributed by atoms with Gasteiger partial charge in [-0.1, -0.05) is 18.9 Å². The molecule has 0 aromatic rings. The van der Waals surface area contributed by atoms with Crippen molar-refractivity contribution in [1.29, 1.82) is 0 Å². The summed E-state index contributed by atoms with van der Waals surface area (Å²) < 4.78 is 0. The summed E-state index contributed by atoms with van der Waals surface area (Å²) in [5, 5.41) is 3.50. The van der Waals surface area contributed by atoms with E-state index >= 15 is 0 Å². The lowest BCUT2D eigenvalue weighted by molar-refractivity contribution is 0.471. The molecule has 1 nitrogen and oxygen atoms in total. The molecule has 0 aromatic carbocycles. The molecule has 0 aromatic heterocycles. The molecule has 0 radical (unpaired) electrons. The van der Waals surface area contributed by atoms with Crippen molar-refractivity contribution in [2.75, 3.05) is 6.54 Å². The van der Waals surface area contributed by atoms with Gasteiger partial charge in [0.1, 0.15) is 0 Å². The molecule has 1 N–H and O–H groups in total. The van der Waals surface area contributed by atoms with E-state index in [4.69, 9.17) is 6.42 Å². The first kappa shape index (κ1) is 9.35. The van der Waals surface area contributed by atoms with Crippen molar-refractivity contribution in [3.8, 4) is 12.3 Å². The van der Waals surface area contributed by atoms with Crippen molar-refractivity contribution in [2.45, 2.75) is 38.6 Å². The molecule has 1 atom stereocenters. The minimum absolute atomic E-state index is 0.669. The van der Waals surface area contributed by atoms with Gasteiger partial charge in [0.05, 0.1) is 0 Å². The zero-order valence-corrected chi connectivity index (χ0v) is 7.77. The van der Waals surface area contributed by atoms with Gasteiger partial charge >= 0.3 is 0 Å². The Hall–Kier alpha value is -0.740. The Labute approximate surface area is 75.2 Å². The molecular weight excluding hydrogens is 146 g/mol. The molecule has 0 fully saturated rings. The highest BCUT2D eigenvalue weighted by Gasteiger charge is 2.11. The van der Waals surface area contributed by atoms with Crippen LogP contribution >= 0.6 is 0 Å². The molecule has 0 bridgehead atoms. The van der Waals surface area contributed by atoms with Crippen LogP contribution in [-0.2, 0) is 0 Å². The minimum Gasteiger partial charge on any atom is -0.314 e. The first-order valence-electron chi connectivity index (χ1n) is 4.75. The van der Waals surface area contributed by atoms with Gasteiger partial charge in [-0.15, -0.1) is 6.42 Å². The highest BCUT2D eigenvalue weighted by atomic mass is 14.9. The quantitative estimate of drug-likeness (QED) is 0.628. The molecule has 12 heavy (non-hydrogen) atoms.